The topological polar surface area (TPSA) is 33.1 Å². The minimum atomic E-state index is -2.59. The molecule has 1 N–H and O–H groups in total. The first kappa shape index (κ1) is 11.3. The normalized spacial score (nSPS) is 11.0. The van der Waals surface area contributed by atoms with Crippen LogP contribution in [0.3, 0.4) is 0 Å². The number of aromatic nitrogens is 1. The number of alkyl halides is 3. The van der Waals surface area contributed by atoms with Crippen LogP contribution in [-0.4, -0.2) is 10.1 Å². The highest BCUT2D eigenvalue weighted by Crippen LogP contribution is 2.28. The Kier molecular flexibility index (Phi) is 3.77. The summed E-state index contributed by atoms with van der Waals surface area (Å²) >= 11 is 5.55. The second-order valence-electron chi connectivity index (χ2n) is 2.87. The molecular formula is C9H10ClF2NO. The van der Waals surface area contributed by atoms with Gasteiger partial charge in [0.15, 0.2) is 0 Å². The summed E-state index contributed by atoms with van der Waals surface area (Å²) < 4.78 is 25.2. The maximum atomic E-state index is 12.6. The molecule has 1 heterocycles. The lowest BCUT2D eigenvalue weighted by Gasteiger charge is -2.12. The summed E-state index contributed by atoms with van der Waals surface area (Å²) in [5, 5.41) is 8.88. The van der Waals surface area contributed by atoms with E-state index in [0.29, 0.717) is 5.56 Å². The Hall–Kier alpha value is -0.740. The van der Waals surface area contributed by atoms with E-state index in [2.05, 4.69) is 4.98 Å². The van der Waals surface area contributed by atoms with E-state index < -0.39 is 6.43 Å². The zero-order chi connectivity index (χ0) is 10.7. The van der Waals surface area contributed by atoms with Crippen LogP contribution in [0.25, 0.3) is 0 Å². The van der Waals surface area contributed by atoms with Crippen LogP contribution in [-0.2, 0) is 12.5 Å². The van der Waals surface area contributed by atoms with Gasteiger partial charge in [0.2, 0.25) is 0 Å². The van der Waals surface area contributed by atoms with Gasteiger partial charge in [-0.05, 0) is 18.1 Å². The number of pyridine rings is 1. The van der Waals surface area contributed by atoms with Crippen LogP contribution in [0.1, 0.15) is 28.8 Å². The third kappa shape index (κ3) is 2.01. The molecule has 0 aliphatic rings. The molecule has 0 aromatic carbocycles. The van der Waals surface area contributed by atoms with Crippen molar-refractivity contribution in [2.45, 2.75) is 25.8 Å². The minimum Gasteiger partial charge on any atom is -0.390 e. The Morgan fingerprint density at radius 2 is 2.21 bits per heavy atom. The smallest absolute Gasteiger partial charge is 0.264 e. The molecule has 0 bridgehead atoms. The Morgan fingerprint density at radius 3 is 2.64 bits per heavy atom. The third-order valence-electron chi connectivity index (χ3n) is 2.01. The van der Waals surface area contributed by atoms with Crippen LogP contribution in [0.2, 0.25) is 0 Å². The van der Waals surface area contributed by atoms with Crippen molar-refractivity contribution in [3.8, 4) is 0 Å². The zero-order valence-electron chi connectivity index (χ0n) is 7.60. The summed E-state index contributed by atoms with van der Waals surface area (Å²) in [5.74, 6) is -0.0652. The van der Waals surface area contributed by atoms with E-state index in [1.54, 1.807) is 6.92 Å². The van der Waals surface area contributed by atoms with Gasteiger partial charge in [0.05, 0.1) is 12.3 Å². The van der Waals surface area contributed by atoms with E-state index in [-0.39, 0.29) is 29.3 Å². The highest BCUT2D eigenvalue weighted by Gasteiger charge is 2.18. The van der Waals surface area contributed by atoms with Gasteiger partial charge in [-0.25, -0.2) is 8.78 Å². The second kappa shape index (κ2) is 4.66. The second-order valence-corrected chi connectivity index (χ2v) is 3.14. The van der Waals surface area contributed by atoms with E-state index >= 15 is 0 Å². The molecule has 1 aromatic rings. The lowest BCUT2D eigenvalue weighted by atomic mass is 10.0. The molecular weight excluding hydrogens is 212 g/mol. The quantitative estimate of drug-likeness (QED) is 0.796. The molecule has 0 unspecified atom stereocenters. The number of aliphatic hydroxyl groups excluding tert-OH is 1. The molecule has 0 atom stereocenters. The standard InChI is InChI=1S/C9H10ClF2NO/c1-5-3-13-7(4-14)6(2-10)8(5)9(11)12/h3,9,14H,2,4H2,1H3. The van der Waals surface area contributed by atoms with Crippen molar-refractivity contribution in [1.82, 2.24) is 4.98 Å². The molecule has 5 heteroatoms. The average Bonchev–Trinajstić information content (AvgIpc) is 2.16. The number of aliphatic hydroxyl groups is 1. The molecule has 0 saturated carbocycles. The Bertz CT molecular complexity index is 331. The molecule has 0 aliphatic heterocycles. The van der Waals surface area contributed by atoms with Crippen LogP contribution in [0.5, 0.6) is 0 Å². The van der Waals surface area contributed by atoms with Gasteiger partial charge in [-0.15, -0.1) is 11.6 Å². The van der Waals surface area contributed by atoms with Crippen LogP contribution in [0.4, 0.5) is 8.78 Å². The number of nitrogens with zero attached hydrogens (tertiary/aromatic N) is 1. The van der Waals surface area contributed by atoms with Gasteiger partial charge in [-0.3, -0.25) is 4.98 Å². The highest BCUT2D eigenvalue weighted by atomic mass is 35.5. The lowest BCUT2D eigenvalue weighted by Crippen LogP contribution is -2.04. The maximum Gasteiger partial charge on any atom is 0.264 e. The largest absolute Gasteiger partial charge is 0.390 e. The van der Waals surface area contributed by atoms with Crippen LogP contribution >= 0.6 is 11.6 Å². The van der Waals surface area contributed by atoms with E-state index in [1.165, 1.54) is 6.20 Å². The predicted molar refractivity (Wildman–Crippen MR) is 49.4 cm³/mol. The van der Waals surface area contributed by atoms with Crippen LogP contribution in [0.15, 0.2) is 6.20 Å². The monoisotopic (exact) mass is 221 g/mol. The fourth-order valence-corrected chi connectivity index (χ4v) is 1.60. The summed E-state index contributed by atoms with van der Waals surface area (Å²) in [6.45, 7) is 1.17. The van der Waals surface area contributed by atoms with Gasteiger partial charge in [0, 0.05) is 17.6 Å². The zero-order valence-corrected chi connectivity index (χ0v) is 8.35. The molecule has 0 fully saturated rings. The summed E-state index contributed by atoms with van der Waals surface area (Å²) in [6, 6.07) is 0. The Morgan fingerprint density at radius 1 is 1.57 bits per heavy atom. The molecule has 0 aliphatic carbocycles. The first-order valence-corrected chi connectivity index (χ1v) is 4.57. The number of rotatable bonds is 3. The molecule has 0 amide bonds. The van der Waals surface area contributed by atoms with Gasteiger partial charge in [0.1, 0.15) is 0 Å². The van der Waals surface area contributed by atoms with E-state index in [4.69, 9.17) is 16.7 Å². The minimum absolute atomic E-state index is 0.0652. The molecule has 0 spiro atoms. The number of hydrogen-bond donors (Lipinski definition) is 1. The van der Waals surface area contributed by atoms with Gasteiger partial charge in [-0.2, -0.15) is 0 Å². The van der Waals surface area contributed by atoms with Crippen molar-refractivity contribution in [1.29, 1.82) is 0 Å². The van der Waals surface area contributed by atoms with Crippen LogP contribution in [0, 0.1) is 6.92 Å². The van der Waals surface area contributed by atoms with Crippen molar-refractivity contribution >= 4 is 11.6 Å². The molecule has 0 radical (unpaired) electrons. The van der Waals surface area contributed by atoms with E-state index in [1.807, 2.05) is 0 Å². The summed E-state index contributed by atoms with van der Waals surface area (Å²) in [6.07, 6.45) is -1.26. The van der Waals surface area contributed by atoms with Gasteiger partial charge < -0.3 is 5.11 Å². The Labute approximate surface area is 85.5 Å². The number of aryl methyl sites for hydroxylation is 1. The average molecular weight is 222 g/mol. The van der Waals surface area contributed by atoms with Gasteiger partial charge >= 0.3 is 0 Å². The fraction of sp³-hybridized carbons (Fsp3) is 0.444. The van der Waals surface area contributed by atoms with Gasteiger partial charge in [0.25, 0.3) is 6.43 Å². The van der Waals surface area contributed by atoms with Crippen molar-refractivity contribution in [3.05, 3.63) is 28.6 Å². The molecule has 78 valence electrons. The molecule has 1 aromatic heterocycles. The van der Waals surface area contributed by atoms with Gasteiger partial charge in [-0.1, -0.05) is 0 Å². The number of hydrogen-bond acceptors (Lipinski definition) is 2. The predicted octanol–water partition coefficient (Wildman–Crippen LogP) is 2.56. The van der Waals surface area contributed by atoms with Crippen LogP contribution < -0.4 is 0 Å². The van der Waals surface area contributed by atoms with E-state index in [9.17, 15) is 8.78 Å². The molecule has 14 heavy (non-hydrogen) atoms. The molecule has 0 saturated heterocycles. The molecule has 1 rings (SSSR count). The number of halogens is 3. The van der Waals surface area contributed by atoms with Crippen molar-refractivity contribution in [2.75, 3.05) is 0 Å². The highest BCUT2D eigenvalue weighted by molar-refractivity contribution is 6.17. The van der Waals surface area contributed by atoms with Crippen molar-refractivity contribution < 1.29 is 13.9 Å². The summed E-state index contributed by atoms with van der Waals surface area (Å²) in [5.41, 5.74) is 0.747. The summed E-state index contributed by atoms with van der Waals surface area (Å²) in [7, 11) is 0. The third-order valence-corrected chi connectivity index (χ3v) is 2.28. The lowest BCUT2D eigenvalue weighted by molar-refractivity contribution is 0.149. The Balaban J connectivity index is 3.35. The van der Waals surface area contributed by atoms with E-state index in [0.717, 1.165) is 0 Å². The van der Waals surface area contributed by atoms with Crippen molar-refractivity contribution in [2.24, 2.45) is 0 Å². The first-order valence-electron chi connectivity index (χ1n) is 4.04. The van der Waals surface area contributed by atoms with Crippen molar-refractivity contribution in [3.63, 3.8) is 0 Å². The SMILES string of the molecule is Cc1cnc(CO)c(CCl)c1C(F)F. The fourth-order valence-electron chi connectivity index (χ4n) is 1.30. The first-order chi connectivity index (χ1) is 6.61. The summed E-state index contributed by atoms with van der Waals surface area (Å²) in [4.78, 5) is 3.84. The maximum absolute atomic E-state index is 12.6. The molecule has 2 nitrogen and oxygen atoms in total.